The van der Waals surface area contributed by atoms with Gasteiger partial charge in [0.05, 0.1) is 0 Å². The van der Waals surface area contributed by atoms with Crippen LogP contribution in [0.3, 0.4) is 0 Å². The van der Waals surface area contributed by atoms with Crippen LogP contribution in [0.4, 0.5) is 4.39 Å². The largest absolute Gasteiger partial charge is 0.352 e. The Morgan fingerprint density at radius 2 is 1.88 bits per heavy atom. The van der Waals surface area contributed by atoms with Gasteiger partial charge >= 0.3 is 5.69 Å². The van der Waals surface area contributed by atoms with Crippen molar-refractivity contribution in [1.82, 2.24) is 20.5 Å². The third-order valence-electron chi connectivity index (χ3n) is 3.52. The first-order valence-electron chi connectivity index (χ1n) is 7.40. The van der Waals surface area contributed by atoms with E-state index in [1.807, 2.05) is 12.1 Å². The topological polar surface area (TPSA) is 90.6 Å². The summed E-state index contributed by atoms with van der Waals surface area (Å²) in [5.41, 5.74) is 1.61. The molecular weight excluding hydrogens is 311 g/mol. The first-order chi connectivity index (χ1) is 11.6. The molecule has 1 aromatic heterocycles. The molecule has 24 heavy (non-hydrogen) atoms. The molecule has 0 spiro atoms. The Hall–Kier alpha value is -3.22. The second-order valence-corrected chi connectivity index (χ2v) is 5.18. The predicted molar refractivity (Wildman–Crippen MR) is 87.1 cm³/mol. The minimum Gasteiger partial charge on any atom is -0.352 e. The molecule has 2 aromatic carbocycles. The lowest BCUT2D eigenvalue weighted by Gasteiger charge is -2.10. The van der Waals surface area contributed by atoms with Gasteiger partial charge in [0.2, 0.25) is 0 Å². The molecule has 0 aliphatic rings. The number of halogens is 1. The lowest BCUT2D eigenvalue weighted by Crippen LogP contribution is -2.26. The van der Waals surface area contributed by atoms with Crippen LogP contribution in [0.15, 0.2) is 53.3 Å². The third-order valence-corrected chi connectivity index (χ3v) is 3.52. The fourth-order valence-electron chi connectivity index (χ4n) is 2.38. The summed E-state index contributed by atoms with van der Waals surface area (Å²) in [6.45, 7) is 0.331. The van der Waals surface area contributed by atoms with Gasteiger partial charge in [-0.25, -0.2) is 14.3 Å². The first-order valence-corrected chi connectivity index (χ1v) is 7.40. The summed E-state index contributed by atoms with van der Waals surface area (Å²) >= 11 is 0. The number of rotatable bonds is 5. The van der Waals surface area contributed by atoms with E-state index >= 15 is 0 Å². The summed E-state index contributed by atoms with van der Waals surface area (Å²) in [6, 6.07) is 13.1. The van der Waals surface area contributed by atoms with Gasteiger partial charge in [-0.05, 0) is 29.3 Å². The lowest BCUT2D eigenvalue weighted by atomic mass is 9.99. The summed E-state index contributed by atoms with van der Waals surface area (Å²) in [5, 5.41) is 8.84. The van der Waals surface area contributed by atoms with Crippen molar-refractivity contribution >= 4 is 5.91 Å². The number of carbonyl (C=O) groups is 1. The van der Waals surface area contributed by atoms with E-state index in [1.54, 1.807) is 24.3 Å². The molecule has 1 amide bonds. The van der Waals surface area contributed by atoms with Crippen LogP contribution in [-0.4, -0.2) is 27.6 Å². The summed E-state index contributed by atoms with van der Waals surface area (Å²) in [7, 11) is 0. The van der Waals surface area contributed by atoms with Gasteiger partial charge in [-0.15, -0.1) is 0 Å². The SMILES string of the molecule is O=C(NCCc1n[nH]c(=O)[nH]1)c1ccccc1-c1ccc(F)cc1. The van der Waals surface area contributed by atoms with Gasteiger partial charge in [0.15, 0.2) is 0 Å². The molecule has 0 saturated heterocycles. The van der Waals surface area contributed by atoms with Gasteiger partial charge in [-0.2, -0.15) is 5.10 Å². The van der Waals surface area contributed by atoms with Gasteiger partial charge in [0.25, 0.3) is 5.91 Å². The van der Waals surface area contributed by atoms with E-state index in [0.29, 0.717) is 24.4 Å². The zero-order valence-corrected chi connectivity index (χ0v) is 12.7. The zero-order chi connectivity index (χ0) is 16.9. The molecule has 0 aliphatic heterocycles. The summed E-state index contributed by atoms with van der Waals surface area (Å²) in [4.78, 5) is 25.9. The number of carbonyl (C=O) groups excluding carboxylic acids is 1. The highest BCUT2D eigenvalue weighted by atomic mass is 19.1. The van der Waals surface area contributed by atoms with Gasteiger partial charge in [0, 0.05) is 18.5 Å². The molecular formula is C17H15FN4O2. The van der Waals surface area contributed by atoms with E-state index in [0.717, 1.165) is 11.1 Å². The number of H-pyrrole nitrogens is 2. The number of nitrogens with zero attached hydrogens (tertiary/aromatic N) is 1. The standard InChI is InChI=1S/C17H15FN4O2/c18-12-7-5-11(6-8-12)13-3-1-2-4-14(13)16(23)19-10-9-15-20-17(24)22-21-15/h1-8H,9-10H2,(H,19,23)(H2,20,21,22,24). The smallest absolute Gasteiger partial charge is 0.340 e. The lowest BCUT2D eigenvalue weighted by molar-refractivity contribution is 0.0954. The normalized spacial score (nSPS) is 10.5. The van der Waals surface area contributed by atoms with E-state index < -0.39 is 0 Å². The highest BCUT2D eigenvalue weighted by molar-refractivity contribution is 6.00. The molecule has 3 aromatic rings. The molecule has 0 saturated carbocycles. The van der Waals surface area contributed by atoms with Crippen molar-refractivity contribution in [2.45, 2.75) is 6.42 Å². The maximum absolute atomic E-state index is 13.1. The second-order valence-electron chi connectivity index (χ2n) is 5.18. The van der Waals surface area contributed by atoms with Crippen LogP contribution >= 0.6 is 0 Å². The van der Waals surface area contributed by atoms with Crippen molar-refractivity contribution in [2.24, 2.45) is 0 Å². The Labute approximate surface area is 136 Å². The fourth-order valence-corrected chi connectivity index (χ4v) is 2.38. The molecule has 7 heteroatoms. The van der Waals surface area contributed by atoms with Crippen molar-refractivity contribution in [3.05, 3.63) is 76.2 Å². The highest BCUT2D eigenvalue weighted by Crippen LogP contribution is 2.23. The van der Waals surface area contributed by atoms with Crippen LogP contribution in [0, 0.1) is 5.82 Å². The Bertz CT molecular complexity index is 899. The summed E-state index contributed by atoms with van der Waals surface area (Å²) < 4.78 is 13.1. The van der Waals surface area contributed by atoms with E-state index in [4.69, 9.17) is 0 Å². The van der Waals surface area contributed by atoms with Crippen molar-refractivity contribution in [3.8, 4) is 11.1 Å². The number of hydrogen-bond donors (Lipinski definition) is 3. The molecule has 0 unspecified atom stereocenters. The van der Waals surface area contributed by atoms with E-state index in [9.17, 15) is 14.0 Å². The van der Waals surface area contributed by atoms with Crippen molar-refractivity contribution < 1.29 is 9.18 Å². The van der Waals surface area contributed by atoms with E-state index in [1.165, 1.54) is 12.1 Å². The van der Waals surface area contributed by atoms with Crippen LogP contribution in [0.1, 0.15) is 16.2 Å². The fraction of sp³-hybridized carbons (Fsp3) is 0.118. The third kappa shape index (κ3) is 3.57. The van der Waals surface area contributed by atoms with E-state index in [2.05, 4.69) is 20.5 Å². The predicted octanol–water partition coefficient (Wildman–Crippen LogP) is 1.88. The van der Waals surface area contributed by atoms with Crippen LogP contribution in [-0.2, 0) is 6.42 Å². The van der Waals surface area contributed by atoms with Gasteiger partial charge in [0.1, 0.15) is 11.6 Å². The van der Waals surface area contributed by atoms with Gasteiger partial charge in [-0.3, -0.25) is 9.78 Å². The number of amides is 1. The number of aromatic nitrogens is 3. The Morgan fingerprint density at radius 1 is 1.12 bits per heavy atom. The molecule has 0 aliphatic carbocycles. The maximum atomic E-state index is 13.1. The minimum atomic E-state index is -0.377. The molecule has 3 rings (SSSR count). The molecule has 1 heterocycles. The average Bonchev–Trinajstić information content (AvgIpc) is 3.01. The zero-order valence-electron chi connectivity index (χ0n) is 12.7. The van der Waals surface area contributed by atoms with Crippen molar-refractivity contribution in [3.63, 3.8) is 0 Å². The second kappa shape index (κ2) is 6.91. The maximum Gasteiger partial charge on any atom is 0.340 e. The molecule has 3 N–H and O–H groups in total. The first kappa shape index (κ1) is 15.7. The minimum absolute atomic E-state index is 0.243. The summed E-state index contributed by atoms with van der Waals surface area (Å²) in [6.07, 6.45) is 0.406. The van der Waals surface area contributed by atoms with Crippen molar-refractivity contribution in [2.75, 3.05) is 6.54 Å². The number of nitrogens with one attached hydrogen (secondary N) is 3. The summed E-state index contributed by atoms with van der Waals surface area (Å²) in [5.74, 6) is -0.0893. The average molecular weight is 326 g/mol. The van der Waals surface area contributed by atoms with Crippen LogP contribution < -0.4 is 11.0 Å². The molecule has 6 nitrogen and oxygen atoms in total. The van der Waals surface area contributed by atoms with Crippen LogP contribution in [0.2, 0.25) is 0 Å². The molecule has 0 bridgehead atoms. The van der Waals surface area contributed by atoms with Crippen LogP contribution in [0.25, 0.3) is 11.1 Å². The highest BCUT2D eigenvalue weighted by Gasteiger charge is 2.12. The molecule has 0 radical (unpaired) electrons. The van der Waals surface area contributed by atoms with Gasteiger partial charge in [-0.1, -0.05) is 30.3 Å². The van der Waals surface area contributed by atoms with Crippen molar-refractivity contribution in [1.29, 1.82) is 0 Å². The number of benzene rings is 2. The quantitative estimate of drug-likeness (QED) is 0.668. The Balaban J connectivity index is 1.73. The molecule has 0 fully saturated rings. The number of hydrogen-bond acceptors (Lipinski definition) is 3. The Morgan fingerprint density at radius 3 is 2.58 bits per heavy atom. The monoisotopic (exact) mass is 326 g/mol. The molecule has 0 atom stereocenters. The van der Waals surface area contributed by atoms with Gasteiger partial charge < -0.3 is 5.32 Å². The van der Waals surface area contributed by atoms with Crippen LogP contribution in [0.5, 0.6) is 0 Å². The Kier molecular flexibility index (Phi) is 4.51. The number of aromatic amines is 2. The molecule has 122 valence electrons. The van der Waals surface area contributed by atoms with E-state index in [-0.39, 0.29) is 17.4 Å².